The number of ketones is 1. The van der Waals surface area contributed by atoms with Gasteiger partial charge in [-0.1, -0.05) is 62.2 Å². The first-order valence-electron chi connectivity index (χ1n) is 12.2. The summed E-state index contributed by atoms with van der Waals surface area (Å²) < 4.78 is 5.85. The second-order valence-corrected chi connectivity index (χ2v) is 9.11. The summed E-state index contributed by atoms with van der Waals surface area (Å²) >= 11 is 0. The summed E-state index contributed by atoms with van der Waals surface area (Å²) in [5, 5.41) is 3.56. The van der Waals surface area contributed by atoms with Crippen molar-refractivity contribution in [3.05, 3.63) is 95.6 Å². The van der Waals surface area contributed by atoms with Gasteiger partial charge in [-0.2, -0.15) is 0 Å². The van der Waals surface area contributed by atoms with Crippen LogP contribution in [-0.4, -0.2) is 11.7 Å². The maximum Gasteiger partial charge on any atom is 0.228 e. The van der Waals surface area contributed by atoms with Crippen LogP contribution >= 0.6 is 0 Å². The van der Waals surface area contributed by atoms with Crippen LogP contribution in [0.4, 0.5) is 11.4 Å². The van der Waals surface area contributed by atoms with Gasteiger partial charge in [-0.25, -0.2) is 0 Å². The molecule has 34 heavy (non-hydrogen) atoms. The molecule has 2 aliphatic rings. The molecule has 2 atom stereocenters. The SMILES string of the molecule is CCCCCC(=O)N1c2ccccc2NC2=C(C(=O)C[C@H](c3ccccc3)C2)[C@H]1c1ccco1. The van der Waals surface area contributed by atoms with Crippen LogP contribution in [-0.2, 0) is 9.59 Å². The molecule has 1 aliphatic heterocycles. The van der Waals surface area contributed by atoms with E-state index in [2.05, 4.69) is 24.4 Å². The number of furan rings is 1. The molecule has 0 bridgehead atoms. The van der Waals surface area contributed by atoms with Crippen LogP contribution in [0, 0.1) is 0 Å². The van der Waals surface area contributed by atoms with E-state index in [-0.39, 0.29) is 17.6 Å². The van der Waals surface area contributed by atoms with Gasteiger partial charge in [-0.3, -0.25) is 14.5 Å². The number of amides is 1. The topological polar surface area (TPSA) is 62.6 Å². The fourth-order valence-corrected chi connectivity index (χ4v) is 5.19. The highest BCUT2D eigenvalue weighted by Crippen LogP contribution is 2.47. The van der Waals surface area contributed by atoms with Gasteiger partial charge in [0.1, 0.15) is 11.8 Å². The van der Waals surface area contributed by atoms with Gasteiger partial charge < -0.3 is 9.73 Å². The fourth-order valence-electron chi connectivity index (χ4n) is 5.19. The van der Waals surface area contributed by atoms with E-state index in [1.807, 2.05) is 54.6 Å². The van der Waals surface area contributed by atoms with E-state index in [0.29, 0.717) is 30.6 Å². The van der Waals surface area contributed by atoms with Crippen molar-refractivity contribution in [2.24, 2.45) is 0 Å². The molecule has 2 heterocycles. The van der Waals surface area contributed by atoms with Crippen LogP contribution in [0.5, 0.6) is 0 Å². The third-order valence-electron chi connectivity index (χ3n) is 6.84. The van der Waals surface area contributed by atoms with Crippen molar-refractivity contribution >= 4 is 23.1 Å². The number of hydrogen-bond acceptors (Lipinski definition) is 4. The molecule has 0 saturated heterocycles. The Kier molecular flexibility index (Phi) is 6.35. The summed E-state index contributed by atoms with van der Waals surface area (Å²) in [5.74, 6) is 0.775. The Hall–Kier alpha value is -3.60. The zero-order valence-electron chi connectivity index (χ0n) is 19.5. The minimum atomic E-state index is -0.584. The third kappa shape index (κ3) is 4.18. The van der Waals surface area contributed by atoms with Crippen LogP contribution in [0.25, 0.3) is 0 Å². The number of carbonyl (C=O) groups is 2. The quantitative estimate of drug-likeness (QED) is 0.418. The second kappa shape index (κ2) is 9.72. The number of fused-ring (bicyclic) bond motifs is 1. The fraction of sp³-hybridized carbons (Fsp3) is 0.310. The first kappa shape index (κ1) is 22.2. The maximum atomic E-state index is 13.8. The number of allylic oxidation sites excluding steroid dienone is 1. The highest BCUT2D eigenvalue weighted by molar-refractivity contribution is 6.06. The smallest absolute Gasteiger partial charge is 0.228 e. The van der Waals surface area contributed by atoms with Crippen LogP contribution < -0.4 is 10.2 Å². The van der Waals surface area contributed by atoms with Gasteiger partial charge in [-0.15, -0.1) is 0 Å². The van der Waals surface area contributed by atoms with Gasteiger partial charge in [0, 0.05) is 24.1 Å². The zero-order chi connectivity index (χ0) is 23.5. The van der Waals surface area contributed by atoms with Crippen molar-refractivity contribution in [2.75, 3.05) is 10.2 Å². The Morgan fingerprint density at radius 2 is 1.79 bits per heavy atom. The van der Waals surface area contributed by atoms with Crippen molar-refractivity contribution in [3.8, 4) is 0 Å². The number of nitrogens with zero attached hydrogens (tertiary/aromatic N) is 1. The van der Waals surface area contributed by atoms with Crippen molar-refractivity contribution in [1.29, 1.82) is 0 Å². The lowest BCUT2D eigenvalue weighted by atomic mass is 9.79. The first-order chi connectivity index (χ1) is 16.7. The van der Waals surface area contributed by atoms with E-state index in [1.165, 1.54) is 0 Å². The minimum absolute atomic E-state index is 0.0100. The number of anilines is 2. The second-order valence-electron chi connectivity index (χ2n) is 9.11. The summed E-state index contributed by atoms with van der Waals surface area (Å²) in [7, 11) is 0. The predicted molar refractivity (Wildman–Crippen MR) is 134 cm³/mol. The molecule has 2 aromatic carbocycles. The normalized spacial score (nSPS) is 19.8. The Morgan fingerprint density at radius 1 is 1.00 bits per heavy atom. The molecule has 1 N–H and O–H groups in total. The van der Waals surface area contributed by atoms with E-state index < -0.39 is 6.04 Å². The predicted octanol–water partition coefficient (Wildman–Crippen LogP) is 6.76. The molecule has 0 radical (unpaired) electrons. The molecule has 5 nitrogen and oxygen atoms in total. The summed E-state index contributed by atoms with van der Waals surface area (Å²) in [6, 6.07) is 21.1. The van der Waals surface area contributed by atoms with Gasteiger partial charge in [0.2, 0.25) is 5.91 Å². The van der Waals surface area contributed by atoms with Crippen LogP contribution in [0.2, 0.25) is 0 Å². The Balaban J connectivity index is 1.63. The molecule has 3 aromatic rings. The molecule has 174 valence electrons. The third-order valence-corrected chi connectivity index (χ3v) is 6.84. The maximum absolute atomic E-state index is 13.8. The van der Waals surface area contributed by atoms with Crippen LogP contribution in [0.3, 0.4) is 0 Å². The van der Waals surface area contributed by atoms with Crippen LogP contribution in [0.1, 0.15) is 68.7 Å². The monoisotopic (exact) mass is 454 g/mol. The lowest BCUT2D eigenvalue weighted by Crippen LogP contribution is -2.38. The van der Waals surface area contributed by atoms with E-state index in [4.69, 9.17) is 4.42 Å². The number of unbranched alkanes of at least 4 members (excludes halogenated alkanes) is 2. The van der Waals surface area contributed by atoms with Crippen molar-refractivity contribution in [1.82, 2.24) is 0 Å². The number of rotatable bonds is 6. The Bertz CT molecular complexity index is 1200. The van der Waals surface area contributed by atoms with Gasteiger partial charge in [0.15, 0.2) is 5.78 Å². The lowest BCUT2D eigenvalue weighted by Gasteiger charge is -2.33. The first-order valence-corrected chi connectivity index (χ1v) is 12.2. The summed E-state index contributed by atoms with van der Waals surface area (Å²) in [6.07, 6.45) is 6.02. The Labute approximate surface area is 200 Å². The van der Waals surface area contributed by atoms with Gasteiger partial charge in [0.05, 0.1) is 17.6 Å². The highest BCUT2D eigenvalue weighted by Gasteiger charge is 2.42. The van der Waals surface area contributed by atoms with E-state index in [9.17, 15) is 9.59 Å². The molecular formula is C29H30N2O3. The number of para-hydroxylation sites is 2. The average molecular weight is 455 g/mol. The molecule has 1 aliphatic carbocycles. The van der Waals surface area contributed by atoms with Crippen LogP contribution in [0.15, 0.2) is 88.7 Å². The highest BCUT2D eigenvalue weighted by atomic mass is 16.3. The lowest BCUT2D eigenvalue weighted by molar-refractivity contribution is -0.119. The molecule has 0 saturated carbocycles. The Morgan fingerprint density at radius 3 is 2.56 bits per heavy atom. The molecule has 0 spiro atoms. The van der Waals surface area contributed by atoms with Gasteiger partial charge in [-0.05, 0) is 48.6 Å². The number of carbonyl (C=O) groups excluding carboxylic acids is 2. The molecule has 0 fully saturated rings. The minimum Gasteiger partial charge on any atom is -0.467 e. The largest absolute Gasteiger partial charge is 0.467 e. The summed E-state index contributed by atoms with van der Waals surface area (Å²) in [5.41, 5.74) is 4.30. The standard InChI is InChI=1S/C29H30N2O3/c1-2-3-5-16-27(33)31-24-14-9-8-13-22(24)30-23-18-21(20-11-6-4-7-12-20)19-25(32)28(23)29(31)26-15-10-17-34-26/h4,6-15,17,21,29-30H,2-3,5,16,18-19H2,1H3/t21-,29-/m1/s1. The van der Waals surface area contributed by atoms with Gasteiger partial charge >= 0.3 is 0 Å². The zero-order valence-corrected chi connectivity index (χ0v) is 19.5. The van der Waals surface area contributed by atoms with Crippen molar-refractivity contribution in [2.45, 2.75) is 57.4 Å². The van der Waals surface area contributed by atoms with E-state index in [0.717, 1.165) is 41.9 Å². The number of benzene rings is 2. The molecular weight excluding hydrogens is 424 g/mol. The molecule has 1 amide bonds. The number of hydrogen-bond donors (Lipinski definition) is 1. The summed E-state index contributed by atoms with van der Waals surface area (Å²) in [6.45, 7) is 2.13. The number of Topliss-reactive ketones (excluding diaryl/α,β-unsaturated/α-hetero) is 1. The average Bonchev–Trinajstić information content (AvgIpc) is 3.34. The molecule has 0 unspecified atom stereocenters. The van der Waals surface area contributed by atoms with Gasteiger partial charge in [0.25, 0.3) is 0 Å². The van der Waals surface area contributed by atoms with Crippen molar-refractivity contribution < 1.29 is 14.0 Å². The molecule has 5 heteroatoms. The summed E-state index contributed by atoms with van der Waals surface area (Å²) in [4.78, 5) is 29.2. The molecule has 5 rings (SSSR count). The number of nitrogens with one attached hydrogen (secondary N) is 1. The van der Waals surface area contributed by atoms with Crippen molar-refractivity contribution in [3.63, 3.8) is 0 Å². The van der Waals surface area contributed by atoms with E-state index >= 15 is 0 Å². The molecule has 1 aromatic heterocycles. The van der Waals surface area contributed by atoms with E-state index in [1.54, 1.807) is 11.2 Å².